The van der Waals surface area contributed by atoms with E-state index in [4.69, 9.17) is 4.74 Å². The summed E-state index contributed by atoms with van der Waals surface area (Å²) in [5.41, 5.74) is 2.10. The summed E-state index contributed by atoms with van der Waals surface area (Å²) in [6.07, 6.45) is 5.42. The largest absolute Gasteiger partial charge is 0.462 e. The van der Waals surface area contributed by atoms with E-state index in [1.807, 2.05) is 0 Å². The highest BCUT2D eigenvalue weighted by Gasteiger charge is 2.27. The molecule has 196 valence electrons. The number of benzene rings is 1. The van der Waals surface area contributed by atoms with E-state index in [-0.39, 0.29) is 24.0 Å². The number of thioether (sulfide) groups is 1. The summed E-state index contributed by atoms with van der Waals surface area (Å²) >= 11 is 2.63. The molecule has 1 N–H and O–H groups in total. The van der Waals surface area contributed by atoms with Crippen LogP contribution >= 0.6 is 23.1 Å². The van der Waals surface area contributed by atoms with Crippen molar-refractivity contribution in [1.29, 1.82) is 0 Å². The first-order valence-corrected chi connectivity index (χ1v) is 13.5. The first kappa shape index (κ1) is 26.8. The third-order valence-corrected chi connectivity index (χ3v) is 7.78. The normalized spacial score (nSPS) is 12.8. The van der Waals surface area contributed by atoms with E-state index in [2.05, 4.69) is 26.8 Å². The second-order valence-corrected chi connectivity index (χ2v) is 10.1. The van der Waals surface area contributed by atoms with Crippen LogP contribution in [0.1, 0.15) is 40.6 Å². The number of alkyl halides is 2. The van der Waals surface area contributed by atoms with Gasteiger partial charge in [-0.05, 0) is 62.4 Å². The van der Waals surface area contributed by atoms with Gasteiger partial charge in [-0.1, -0.05) is 17.8 Å². The topological polar surface area (TPSA) is 95.3 Å². The Morgan fingerprint density at radius 2 is 2.00 bits per heavy atom. The zero-order valence-electron chi connectivity index (χ0n) is 20.2. The van der Waals surface area contributed by atoms with Crippen LogP contribution in [0.2, 0.25) is 0 Å². The fourth-order valence-corrected chi connectivity index (χ4v) is 6.10. The fraction of sp³-hybridized carbons (Fsp3) is 0.360. The molecule has 2 heterocycles. The van der Waals surface area contributed by atoms with Gasteiger partial charge in [0.05, 0.1) is 17.9 Å². The molecule has 1 aliphatic rings. The highest BCUT2D eigenvalue weighted by molar-refractivity contribution is 7.99. The van der Waals surface area contributed by atoms with Crippen LogP contribution in [0.15, 0.2) is 42.1 Å². The number of thiophene rings is 1. The number of amides is 1. The summed E-state index contributed by atoms with van der Waals surface area (Å²) in [4.78, 5) is 26.6. The number of aryl methyl sites for hydroxylation is 1. The van der Waals surface area contributed by atoms with Crippen LogP contribution < -0.4 is 10.1 Å². The number of ether oxygens (including phenoxy) is 2. The number of hydrogen-bond donors (Lipinski definition) is 1. The number of halogens is 2. The van der Waals surface area contributed by atoms with E-state index in [0.29, 0.717) is 33.7 Å². The molecule has 0 fully saturated rings. The molecular formula is C25H26F2N4O4S2. The maximum absolute atomic E-state index is 12.9. The monoisotopic (exact) mass is 548 g/mol. The van der Waals surface area contributed by atoms with Gasteiger partial charge in [-0.25, -0.2) is 4.79 Å². The van der Waals surface area contributed by atoms with Crippen molar-refractivity contribution in [2.45, 2.75) is 50.9 Å². The van der Waals surface area contributed by atoms with E-state index >= 15 is 0 Å². The lowest BCUT2D eigenvalue weighted by Gasteiger charge is -2.12. The Hall–Kier alpha value is -3.25. The number of esters is 1. The highest BCUT2D eigenvalue weighted by atomic mass is 32.2. The Morgan fingerprint density at radius 1 is 1.24 bits per heavy atom. The number of allylic oxidation sites excluding steroid dienone is 1. The Morgan fingerprint density at radius 3 is 2.70 bits per heavy atom. The van der Waals surface area contributed by atoms with Gasteiger partial charge in [-0.2, -0.15) is 8.78 Å². The standard InChI is InChI=1S/C25H26F2N4O4S2/c1-3-13-31-21(15-9-11-16(12-10-15)35-24(26)27)29-30-25(31)36-14-19(32)28-22-20(23(33)34-4-2)17-7-5-6-8-18(17)37-22/h3,9-12,24H,1,4-8,13-14H2,2H3,(H,28,32). The molecule has 0 unspecified atom stereocenters. The Balaban J connectivity index is 1.48. The predicted molar refractivity (Wildman–Crippen MR) is 139 cm³/mol. The van der Waals surface area contributed by atoms with Crippen LogP contribution in [0.4, 0.5) is 13.8 Å². The van der Waals surface area contributed by atoms with Crippen LogP contribution in [-0.2, 0) is 28.9 Å². The van der Waals surface area contributed by atoms with Crippen LogP contribution in [0.25, 0.3) is 11.4 Å². The number of anilines is 1. The molecular weight excluding hydrogens is 522 g/mol. The molecule has 0 aliphatic heterocycles. The van der Waals surface area contributed by atoms with Gasteiger partial charge < -0.3 is 14.8 Å². The fourth-order valence-electron chi connectivity index (χ4n) is 4.05. The molecule has 0 radical (unpaired) electrons. The van der Waals surface area contributed by atoms with Gasteiger partial charge in [0.2, 0.25) is 5.91 Å². The third-order valence-electron chi connectivity index (χ3n) is 5.60. The summed E-state index contributed by atoms with van der Waals surface area (Å²) in [7, 11) is 0. The number of rotatable bonds is 11. The van der Waals surface area contributed by atoms with Crippen molar-refractivity contribution in [2.75, 3.05) is 17.7 Å². The van der Waals surface area contributed by atoms with Gasteiger partial charge in [-0.3, -0.25) is 9.36 Å². The van der Waals surface area contributed by atoms with Crippen molar-refractivity contribution in [1.82, 2.24) is 14.8 Å². The molecule has 0 saturated heterocycles. The minimum atomic E-state index is -2.91. The van der Waals surface area contributed by atoms with Crippen LogP contribution in [-0.4, -0.2) is 45.6 Å². The zero-order chi connectivity index (χ0) is 26.4. The molecule has 0 bridgehead atoms. The minimum absolute atomic E-state index is 0.0391. The summed E-state index contributed by atoms with van der Waals surface area (Å²) in [5.74, 6) is -0.108. The van der Waals surface area contributed by atoms with E-state index < -0.39 is 12.6 Å². The predicted octanol–water partition coefficient (Wildman–Crippen LogP) is 5.58. The lowest BCUT2D eigenvalue weighted by Crippen LogP contribution is -2.17. The van der Waals surface area contributed by atoms with E-state index in [1.54, 1.807) is 29.7 Å². The van der Waals surface area contributed by atoms with E-state index in [1.165, 1.54) is 35.2 Å². The average Bonchev–Trinajstić information content (AvgIpc) is 3.44. The molecule has 0 spiro atoms. The number of nitrogens with zero attached hydrogens (tertiary/aromatic N) is 3. The third kappa shape index (κ3) is 6.37. The summed E-state index contributed by atoms with van der Waals surface area (Å²) in [6.45, 7) is 3.26. The SMILES string of the molecule is C=CCn1c(SCC(=O)Nc2sc3c(c2C(=O)OCC)CCCC3)nnc1-c1ccc(OC(F)F)cc1. The second-order valence-electron chi connectivity index (χ2n) is 8.08. The number of carbonyl (C=O) groups excluding carboxylic acids is 2. The number of fused-ring (bicyclic) bond motifs is 1. The quantitative estimate of drug-likeness (QED) is 0.190. The van der Waals surface area contributed by atoms with Crippen molar-refractivity contribution in [3.05, 3.63) is 52.9 Å². The molecule has 8 nitrogen and oxygen atoms in total. The first-order chi connectivity index (χ1) is 17.9. The summed E-state index contributed by atoms with van der Waals surface area (Å²) in [5, 5.41) is 12.3. The summed E-state index contributed by atoms with van der Waals surface area (Å²) in [6, 6.07) is 6.07. The molecule has 4 rings (SSSR count). The van der Waals surface area contributed by atoms with E-state index in [0.717, 1.165) is 36.1 Å². The van der Waals surface area contributed by atoms with Crippen molar-refractivity contribution in [2.24, 2.45) is 0 Å². The molecule has 12 heteroatoms. The van der Waals surface area contributed by atoms with Gasteiger partial charge in [0.15, 0.2) is 11.0 Å². The van der Waals surface area contributed by atoms with Gasteiger partial charge >= 0.3 is 12.6 Å². The number of aromatic nitrogens is 3. The number of carbonyl (C=O) groups is 2. The van der Waals surface area contributed by atoms with Gasteiger partial charge in [0.25, 0.3) is 0 Å². The molecule has 1 aliphatic carbocycles. The maximum atomic E-state index is 12.9. The Labute approximate surface area is 221 Å². The molecule has 0 atom stereocenters. The molecule has 3 aromatic rings. The maximum Gasteiger partial charge on any atom is 0.387 e. The molecule has 37 heavy (non-hydrogen) atoms. The first-order valence-electron chi connectivity index (χ1n) is 11.7. The van der Waals surface area contributed by atoms with Gasteiger partial charge in [0.1, 0.15) is 10.8 Å². The molecule has 2 aromatic heterocycles. The Kier molecular flexibility index (Phi) is 8.93. The van der Waals surface area contributed by atoms with Crippen molar-refractivity contribution in [3.63, 3.8) is 0 Å². The molecule has 1 aromatic carbocycles. The van der Waals surface area contributed by atoms with Crippen molar-refractivity contribution < 1.29 is 27.8 Å². The average molecular weight is 549 g/mol. The van der Waals surface area contributed by atoms with Crippen molar-refractivity contribution in [3.8, 4) is 17.1 Å². The summed E-state index contributed by atoms with van der Waals surface area (Å²) < 4.78 is 36.3. The smallest absolute Gasteiger partial charge is 0.387 e. The van der Waals surface area contributed by atoms with Crippen molar-refractivity contribution >= 4 is 40.0 Å². The second kappa shape index (κ2) is 12.3. The lowest BCUT2D eigenvalue weighted by molar-refractivity contribution is -0.113. The van der Waals surface area contributed by atoms with Crippen LogP contribution in [0, 0.1) is 0 Å². The molecule has 1 amide bonds. The number of nitrogens with one attached hydrogen (secondary N) is 1. The van der Waals surface area contributed by atoms with Crippen LogP contribution in [0.5, 0.6) is 5.75 Å². The number of hydrogen-bond acceptors (Lipinski definition) is 8. The zero-order valence-corrected chi connectivity index (χ0v) is 21.8. The molecule has 0 saturated carbocycles. The minimum Gasteiger partial charge on any atom is -0.462 e. The lowest BCUT2D eigenvalue weighted by atomic mass is 9.95. The Bertz CT molecular complexity index is 1270. The van der Waals surface area contributed by atoms with E-state index in [9.17, 15) is 18.4 Å². The highest BCUT2D eigenvalue weighted by Crippen LogP contribution is 2.39. The van der Waals surface area contributed by atoms with Gasteiger partial charge in [0, 0.05) is 17.0 Å². The van der Waals surface area contributed by atoms with Crippen LogP contribution in [0.3, 0.4) is 0 Å². The van der Waals surface area contributed by atoms with Gasteiger partial charge in [-0.15, -0.1) is 28.1 Å².